The van der Waals surface area contributed by atoms with Crippen LogP contribution in [0.25, 0.3) is 0 Å². The average molecular weight is 328 g/mol. The van der Waals surface area contributed by atoms with Gasteiger partial charge in [0.25, 0.3) is 5.69 Å². The molecule has 1 aromatic heterocycles. The molecule has 0 aliphatic carbocycles. The quantitative estimate of drug-likeness (QED) is 0.528. The Morgan fingerprint density at radius 1 is 1.33 bits per heavy atom. The van der Waals surface area contributed by atoms with Gasteiger partial charge in [0.2, 0.25) is 5.95 Å². The van der Waals surface area contributed by atoms with Crippen LogP contribution in [0.5, 0.6) is 0 Å². The summed E-state index contributed by atoms with van der Waals surface area (Å²) in [6.07, 6.45) is 6.79. The van der Waals surface area contributed by atoms with Crippen LogP contribution in [0.3, 0.4) is 0 Å². The van der Waals surface area contributed by atoms with Crippen LogP contribution in [-0.4, -0.2) is 33.9 Å². The van der Waals surface area contributed by atoms with Gasteiger partial charge >= 0.3 is 0 Å². The molecule has 0 radical (unpaired) electrons. The molecule has 24 heavy (non-hydrogen) atoms. The van der Waals surface area contributed by atoms with E-state index >= 15 is 0 Å². The Morgan fingerprint density at radius 3 is 2.71 bits per heavy atom. The van der Waals surface area contributed by atoms with Crippen molar-refractivity contribution in [3.8, 4) is 0 Å². The van der Waals surface area contributed by atoms with Crippen molar-refractivity contribution < 1.29 is 4.92 Å². The Bertz CT molecular complexity index is 777. The largest absolute Gasteiger partial charge is 0.371 e. The van der Waals surface area contributed by atoms with Gasteiger partial charge in [0, 0.05) is 36.5 Å². The first kappa shape index (κ1) is 16.0. The predicted octanol–water partition coefficient (Wildman–Crippen LogP) is 2.55. The van der Waals surface area contributed by atoms with Crippen molar-refractivity contribution in [3.05, 3.63) is 45.8 Å². The summed E-state index contributed by atoms with van der Waals surface area (Å²) >= 11 is 0. The van der Waals surface area contributed by atoms with Gasteiger partial charge < -0.3 is 10.6 Å². The summed E-state index contributed by atoms with van der Waals surface area (Å²) in [7, 11) is 0. The van der Waals surface area contributed by atoms with Gasteiger partial charge in [0.05, 0.1) is 23.0 Å². The molecule has 1 aliphatic rings. The molecule has 0 amide bonds. The Kier molecular flexibility index (Phi) is 4.45. The molecule has 1 aromatic carbocycles. The highest BCUT2D eigenvalue weighted by Gasteiger charge is 2.17. The highest BCUT2D eigenvalue weighted by molar-refractivity contribution is 5.89. The number of benzene rings is 1. The number of imidazole rings is 1. The fourth-order valence-corrected chi connectivity index (χ4v) is 2.90. The second-order valence-corrected chi connectivity index (χ2v) is 5.88. The lowest BCUT2D eigenvalue weighted by Crippen LogP contribution is -2.30. The molecule has 126 valence electrons. The minimum Gasteiger partial charge on any atom is -0.371 e. The van der Waals surface area contributed by atoms with E-state index in [9.17, 15) is 10.1 Å². The van der Waals surface area contributed by atoms with E-state index in [1.807, 2.05) is 6.92 Å². The fraction of sp³-hybridized carbons (Fsp3) is 0.375. The number of nitrogens with two attached hydrogens (primary N) is 1. The van der Waals surface area contributed by atoms with Crippen LogP contribution >= 0.6 is 0 Å². The van der Waals surface area contributed by atoms with Crippen molar-refractivity contribution in [1.82, 2.24) is 9.66 Å². The Balaban J connectivity index is 1.97. The van der Waals surface area contributed by atoms with E-state index < -0.39 is 4.92 Å². The lowest BCUT2D eigenvalue weighted by atomic mass is 10.1. The normalized spacial score (nSPS) is 15.1. The van der Waals surface area contributed by atoms with Crippen molar-refractivity contribution in [2.24, 2.45) is 5.10 Å². The molecule has 1 fully saturated rings. The number of nitro benzene ring substituents is 1. The van der Waals surface area contributed by atoms with E-state index in [1.54, 1.807) is 24.5 Å². The molecule has 0 spiro atoms. The van der Waals surface area contributed by atoms with E-state index in [0.717, 1.165) is 37.3 Å². The van der Waals surface area contributed by atoms with E-state index in [4.69, 9.17) is 5.73 Å². The van der Waals surface area contributed by atoms with Gasteiger partial charge in [0.15, 0.2) is 0 Å². The topological polar surface area (TPSA) is 103 Å². The number of anilines is 2. The highest BCUT2D eigenvalue weighted by atomic mass is 16.6. The summed E-state index contributed by atoms with van der Waals surface area (Å²) in [5.41, 5.74) is 8.26. The number of aromatic nitrogens is 2. The fourth-order valence-electron chi connectivity index (χ4n) is 2.90. The van der Waals surface area contributed by atoms with Crippen LogP contribution in [-0.2, 0) is 0 Å². The molecule has 0 atom stereocenters. The monoisotopic (exact) mass is 328 g/mol. The molecule has 8 heteroatoms. The zero-order valence-electron chi connectivity index (χ0n) is 13.6. The molecule has 2 heterocycles. The zero-order valence-corrected chi connectivity index (χ0v) is 13.6. The number of hydrogen-bond acceptors (Lipinski definition) is 6. The number of aryl methyl sites for hydroxylation is 1. The molecule has 0 bridgehead atoms. The molecule has 3 rings (SSSR count). The number of rotatable bonds is 4. The van der Waals surface area contributed by atoms with Crippen LogP contribution in [0.1, 0.15) is 30.5 Å². The van der Waals surface area contributed by atoms with E-state index in [1.165, 1.54) is 17.2 Å². The molecule has 2 N–H and O–H groups in total. The smallest absolute Gasteiger partial charge is 0.270 e. The number of hydrogen-bond donors (Lipinski definition) is 1. The van der Waals surface area contributed by atoms with Gasteiger partial charge in [-0.05, 0) is 32.3 Å². The summed E-state index contributed by atoms with van der Waals surface area (Å²) in [5.74, 6) is 0.286. The number of non-ortho nitro benzene ring substituents is 1. The van der Waals surface area contributed by atoms with Crippen molar-refractivity contribution in [3.63, 3.8) is 0 Å². The van der Waals surface area contributed by atoms with E-state index in [0.29, 0.717) is 5.56 Å². The van der Waals surface area contributed by atoms with Crippen molar-refractivity contribution in [2.45, 2.75) is 26.2 Å². The number of piperidine rings is 1. The minimum absolute atomic E-state index is 0.0481. The maximum atomic E-state index is 11.1. The van der Waals surface area contributed by atoms with Crippen molar-refractivity contribution >= 4 is 23.5 Å². The first-order valence-electron chi connectivity index (χ1n) is 7.94. The first-order chi connectivity index (χ1) is 11.5. The number of nitrogen functional groups attached to an aromatic ring is 1. The average Bonchev–Trinajstić information content (AvgIpc) is 2.91. The highest BCUT2D eigenvalue weighted by Crippen LogP contribution is 2.27. The van der Waals surface area contributed by atoms with Crippen LogP contribution in [0.2, 0.25) is 0 Å². The molecule has 0 unspecified atom stereocenters. The van der Waals surface area contributed by atoms with Crippen LogP contribution in [0.15, 0.2) is 29.5 Å². The van der Waals surface area contributed by atoms with Crippen molar-refractivity contribution in [1.29, 1.82) is 0 Å². The van der Waals surface area contributed by atoms with Gasteiger partial charge in [-0.2, -0.15) is 5.10 Å². The molecular weight excluding hydrogens is 308 g/mol. The third kappa shape index (κ3) is 3.37. The summed E-state index contributed by atoms with van der Waals surface area (Å²) in [6, 6.07) is 4.89. The van der Waals surface area contributed by atoms with Gasteiger partial charge in [0.1, 0.15) is 0 Å². The lowest BCUT2D eigenvalue weighted by molar-refractivity contribution is -0.384. The third-order valence-corrected chi connectivity index (χ3v) is 4.07. The third-order valence-electron chi connectivity index (χ3n) is 4.07. The SMILES string of the molecule is Cc1cn(N=Cc2cc([N+](=O)[O-])ccc2N2CCCCC2)c(N)n1. The maximum Gasteiger partial charge on any atom is 0.270 e. The van der Waals surface area contributed by atoms with Crippen molar-refractivity contribution in [2.75, 3.05) is 23.7 Å². The Morgan fingerprint density at radius 2 is 2.08 bits per heavy atom. The van der Waals surface area contributed by atoms with Crippen LogP contribution < -0.4 is 10.6 Å². The predicted molar refractivity (Wildman–Crippen MR) is 93.5 cm³/mol. The zero-order chi connectivity index (χ0) is 17.1. The maximum absolute atomic E-state index is 11.1. The molecule has 8 nitrogen and oxygen atoms in total. The minimum atomic E-state index is -0.396. The van der Waals surface area contributed by atoms with Gasteiger partial charge in [-0.25, -0.2) is 9.66 Å². The standard InChI is InChI=1S/C16H20N6O2/c1-12-11-21(16(17)19-12)18-10-13-9-14(22(23)24)5-6-15(13)20-7-3-2-4-8-20/h5-6,9-11H,2-4,7-8H2,1H3,(H2,17,19). The summed E-state index contributed by atoms with van der Waals surface area (Å²) in [4.78, 5) is 17.0. The molecule has 1 saturated heterocycles. The first-order valence-corrected chi connectivity index (χ1v) is 7.94. The summed E-state index contributed by atoms with van der Waals surface area (Å²) in [5, 5.41) is 15.4. The lowest BCUT2D eigenvalue weighted by Gasteiger charge is -2.29. The van der Waals surface area contributed by atoms with E-state index in [-0.39, 0.29) is 11.6 Å². The van der Waals surface area contributed by atoms with Gasteiger partial charge in [-0.3, -0.25) is 10.1 Å². The summed E-state index contributed by atoms with van der Waals surface area (Å²) < 4.78 is 1.47. The van der Waals surface area contributed by atoms with Gasteiger partial charge in [-0.1, -0.05) is 0 Å². The van der Waals surface area contributed by atoms with Crippen LogP contribution in [0.4, 0.5) is 17.3 Å². The Hall–Kier alpha value is -2.90. The van der Waals surface area contributed by atoms with E-state index in [2.05, 4.69) is 15.0 Å². The number of nitro groups is 1. The second kappa shape index (κ2) is 6.69. The molecule has 1 aliphatic heterocycles. The Labute approximate surface area is 139 Å². The van der Waals surface area contributed by atoms with Gasteiger partial charge in [-0.15, -0.1) is 0 Å². The summed E-state index contributed by atoms with van der Waals surface area (Å²) in [6.45, 7) is 3.73. The molecule has 2 aromatic rings. The number of nitrogens with zero attached hydrogens (tertiary/aromatic N) is 5. The molecular formula is C16H20N6O2. The van der Waals surface area contributed by atoms with Crippen LogP contribution in [0, 0.1) is 17.0 Å². The second-order valence-electron chi connectivity index (χ2n) is 5.88. The molecule has 0 saturated carbocycles.